The number of ketones is 4. The minimum atomic E-state index is -0.603. The largest absolute Gasteiger partial charge is 0.465 e. The third-order valence-electron chi connectivity index (χ3n) is 5.78. The van der Waals surface area contributed by atoms with E-state index in [1.807, 2.05) is 0 Å². The van der Waals surface area contributed by atoms with E-state index in [0.717, 1.165) is 0 Å². The predicted molar refractivity (Wildman–Crippen MR) is 91.2 cm³/mol. The van der Waals surface area contributed by atoms with Crippen LogP contribution in [-0.2, 0) is 14.3 Å². The van der Waals surface area contributed by atoms with E-state index in [0.29, 0.717) is 28.7 Å². The first-order chi connectivity index (χ1) is 12.9. The Balaban J connectivity index is 1.66. The molecule has 2 bridgehead atoms. The average molecular weight is 360 g/mol. The van der Waals surface area contributed by atoms with Gasteiger partial charge in [-0.25, -0.2) is 4.79 Å². The third kappa shape index (κ3) is 1.82. The van der Waals surface area contributed by atoms with Crippen molar-refractivity contribution >= 4 is 29.1 Å². The van der Waals surface area contributed by atoms with Crippen molar-refractivity contribution in [2.75, 3.05) is 7.11 Å². The highest BCUT2D eigenvalue weighted by atomic mass is 16.5. The Bertz CT molecular complexity index is 1130. The highest BCUT2D eigenvalue weighted by Gasteiger charge is 2.55. The molecule has 0 heterocycles. The van der Waals surface area contributed by atoms with Crippen molar-refractivity contribution in [2.24, 2.45) is 11.8 Å². The van der Waals surface area contributed by atoms with Crippen LogP contribution in [0, 0.1) is 11.8 Å². The standard InChI is InChI=1S/C21H12O6/c1-27-21(26)8-2-3-9-10(6-8)20(25)18-12-7-11(17(18)19(9)24)15-13(22)4-5-14(23)16(12)15/h2-6,11-12H,7H2,1H3. The molecule has 0 aromatic heterocycles. The molecular weight excluding hydrogens is 348 g/mol. The second kappa shape index (κ2) is 5.07. The fraction of sp³-hybridized carbons (Fsp3) is 0.190. The number of hydrogen-bond donors (Lipinski definition) is 0. The molecule has 0 amide bonds. The Morgan fingerprint density at radius 3 is 1.96 bits per heavy atom. The van der Waals surface area contributed by atoms with Crippen molar-refractivity contribution in [3.63, 3.8) is 0 Å². The molecule has 4 aliphatic carbocycles. The van der Waals surface area contributed by atoms with Crippen molar-refractivity contribution in [1.29, 1.82) is 0 Å². The Labute approximate surface area is 153 Å². The zero-order valence-electron chi connectivity index (χ0n) is 14.2. The van der Waals surface area contributed by atoms with Gasteiger partial charge in [-0.05, 0) is 36.8 Å². The van der Waals surface area contributed by atoms with Gasteiger partial charge in [-0.2, -0.15) is 0 Å². The summed E-state index contributed by atoms with van der Waals surface area (Å²) in [6, 6.07) is 4.25. The summed E-state index contributed by atoms with van der Waals surface area (Å²) in [6.07, 6.45) is 2.85. The highest BCUT2D eigenvalue weighted by molar-refractivity contribution is 6.32. The molecule has 0 N–H and O–H groups in total. The number of ether oxygens (including phenoxy) is 1. The molecule has 0 fully saturated rings. The number of methoxy groups -OCH3 is 1. The van der Waals surface area contributed by atoms with Crippen LogP contribution in [0.2, 0.25) is 0 Å². The lowest BCUT2D eigenvalue weighted by Crippen LogP contribution is -2.31. The molecular formula is C21H12O6. The monoisotopic (exact) mass is 360 g/mol. The maximum absolute atomic E-state index is 13.2. The summed E-state index contributed by atoms with van der Waals surface area (Å²) in [4.78, 5) is 62.7. The molecule has 1 aromatic carbocycles. The molecule has 0 aliphatic heterocycles. The quantitative estimate of drug-likeness (QED) is 0.560. The van der Waals surface area contributed by atoms with Gasteiger partial charge in [0.05, 0.1) is 12.7 Å². The van der Waals surface area contributed by atoms with Crippen LogP contribution in [0.1, 0.15) is 37.5 Å². The summed E-state index contributed by atoms with van der Waals surface area (Å²) in [7, 11) is 1.23. The number of esters is 1. The zero-order valence-corrected chi connectivity index (χ0v) is 14.2. The Morgan fingerprint density at radius 2 is 1.41 bits per heavy atom. The van der Waals surface area contributed by atoms with Gasteiger partial charge in [0.2, 0.25) is 0 Å². The predicted octanol–water partition coefficient (Wildman–Crippen LogP) is 1.80. The van der Waals surface area contributed by atoms with Gasteiger partial charge in [0, 0.05) is 45.3 Å². The highest BCUT2D eigenvalue weighted by Crippen LogP contribution is 2.56. The molecule has 0 saturated heterocycles. The van der Waals surface area contributed by atoms with Crippen LogP contribution >= 0.6 is 0 Å². The van der Waals surface area contributed by atoms with Crippen LogP contribution in [0.3, 0.4) is 0 Å². The topological polar surface area (TPSA) is 94.6 Å². The summed E-state index contributed by atoms with van der Waals surface area (Å²) in [6.45, 7) is 0. The molecule has 1 aromatic rings. The molecule has 4 aliphatic rings. The molecule has 5 rings (SSSR count). The summed E-state index contributed by atoms with van der Waals surface area (Å²) >= 11 is 0. The smallest absolute Gasteiger partial charge is 0.337 e. The van der Waals surface area contributed by atoms with Gasteiger partial charge < -0.3 is 4.74 Å². The van der Waals surface area contributed by atoms with Crippen molar-refractivity contribution in [1.82, 2.24) is 0 Å². The van der Waals surface area contributed by atoms with Crippen LogP contribution < -0.4 is 0 Å². The van der Waals surface area contributed by atoms with Gasteiger partial charge in [0.25, 0.3) is 0 Å². The van der Waals surface area contributed by atoms with E-state index in [1.54, 1.807) is 0 Å². The van der Waals surface area contributed by atoms with Gasteiger partial charge in [0.15, 0.2) is 23.1 Å². The number of allylic oxidation sites excluding steroid dienone is 6. The van der Waals surface area contributed by atoms with Gasteiger partial charge in [0.1, 0.15) is 0 Å². The lowest BCUT2D eigenvalue weighted by Gasteiger charge is -2.27. The molecule has 2 unspecified atom stereocenters. The van der Waals surface area contributed by atoms with Gasteiger partial charge in [-0.3, -0.25) is 19.2 Å². The third-order valence-corrected chi connectivity index (χ3v) is 5.78. The fourth-order valence-corrected chi connectivity index (χ4v) is 4.71. The van der Waals surface area contributed by atoms with Gasteiger partial charge >= 0.3 is 5.97 Å². The van der Waals surface area contributed by atoms with Crippen LogP contribution in [0.15, 0.2) is 52.6 Å². The van der Waals surface area contributed by atoms with E-state index in [9.17, 15) is 24.0 Å². The van der Waals surface area contributed by atoms with Crippen LogP contribution in [0.25, 0.3) is 0 Å². The van der Waals surface area contributed by atoms with Crippen molar-refractivity contribution in [3.8, 4) is 0 Å². The summed E-state index contributed by atoms with van der Waals surface area (Å²) in [5.74, 6) is -2.87. The zero-order chi connectivity index (χ0) is 19.0. The Morgan fingerprint density at radius 1 is 0.852 bits per heavy atom. The molecule has 0 spiro atoms. The van der Waals surface area contributed by atoms with E-state index in [-0.39, 0.29) is 39.8 Å². The van der Waals surface area contributed by atoms with Crippen LogP contribution in [0.4, 0.5) is 0 Å². The molecule has 6 heteroatoms. The van der Waals surface area contributed by atoms with Crippen LogP contribution in [0.5, 0.6) is 0 Å². The molecule has 0 radical (unpaired) electrons. The summed E-state index contributed by atoms with van der Waals surface area (Å²) in [5.41, 5.74) is 1.87. The van der Waals surface area contributed by atoms with Crippen LogP contribution in [-0.4, -0.2) is 36.2 Å². The Hall–Kier alpha value is -3.41. The van der Waals surface area contributed by atoms with E-state index in [1.165, 1.54) is 37.5 Å². The number of carbonyl (C=O) groups is 5. The molecule has 0 saturated carbocycles. The van der Waals surface area contributed by atoms with Crippen molar-refractivity contribution in [3.05, 3.63) is 69.3 Å². The number of benzene rings is 1. The minimum absolute atomic E-state index is 0.140. The normalized spacial score (nSPS) is 25.1. The maximum Gasteiger partial charge on any atom is 0.337 e. The second-order valence-corrected chi connectivity index (χ2v) is 6.97. The first-order valence-corrected chi connectivity index (χ1v) is 8.50. The number of Topliss-reactive ketones (excluding diaryl/α,β-unsaturated/α-hetero) is 2. The fourth-order valence-electron chi connectivity index (χ4n) is 4.71. The van der Waals surface area contributed by atoms with E-state index >= 15 is 0 Å². The molecule has 27 heavy (non-hydrogen) atoms. The number of fused-ring (bicyclic) bond motifs is 7. The second-order valence-electron chi connectivity index (χ2n) is 6.97. The first kappa shape index (κ1) is 15.8. The van der Waals surface area contributed by atoms with Crippen molar-refractivity contribution in [2.45, 2.75) is 6.42 Å². The molecule has 132 valence electrons. The lowest BCUT2D eigenvalue weighted by molar-refractivity contribution is -0.115. The van der Waals surface area contributed by atoms with Gasteiger partial charge in [-0.15, -0.1) is 0 Å². The van der Waals surface area contributed by atoms with E-state index in [2.05, 4.69) is 4.74 Å². The maximum atomic E-state index is 13.2. The SMILES string of the molecule is COC(=O)c1ccc2c(c1)C(=O)C1=C(C2=O)C2CC1C1=C2C(=O)C=CC1=O. The average Bonchev–Trinajstić information content (AvgIpc) is 3.25. The minimum Gasteiger partial charge on any atom is -0.465 e. The Kier molecular flexibility index (Phi) is 2.97. The number of carbonyl (C=O) groups excluding carboxylic acids is 5. The number of rotatable bonds is 1. The first-order valence-electron chi connectivity index (χ1n) is 8.50. The van der Waals surface area contributed by atoms with E-state index in [4.69, 9.17) is 0 Å². The lowest BCUT2D eigenvalue weighted by atomic mass is 9.72. The molecule has 2 atom stereocenters. The van der Waals surface area contributed by atoms with Crippen molar-refractivity contribution < 1.29 is 28.7 Å². The van der Waals surface area contributed by atoms with E-state index < -0.39 is 17.8 Å². The van der Waals surface area contributed by atoms with Gasteiger partial charge in [-0.1, -0.05) is 0 Å². The molecule has 6 nitrogen and oxygen atoms in total. The number of hydrogen-bond acceptors (Lipinski definition) is 6. The summed E-state index contributed by atoms with van der Waals surface area (Å²) < 4.78 is 4.68. The summed E-state index contributed by atoms with van der Waals surface area (Å²) in [5, 5.41) is 0.